The Morgan fingerprint density at radius 2 is 1.82 bits per heavy atom. The minimum atomic E-state index is -3.91. The van der Waals surface area contributed by atoms with Gasteiger partial charge in [0.1, 0.15) is 11.6 Å². The van der Waals surface area contributed by atoms with Gasteiger partial charge in [-0.05, 0) is 25.0 Å². The van der Waals surface area contributed by atoms with E-state index in [2.05, 4.69) is 4.72 Å². The number of sulfonamides is 1. The highest BCUT2D eigenvalue weighted by Crippen LogP contribution is 2.29. The Hall–Kier alpha value is -1.09. The molecule has 1 aliphatic rings. The molecule has 0 radical (unpaired) electrons. The second-order valence-electron chi connectivity index (χ2n) is 5.55. The van der Waals surface area contributed by atoms with Gasteiger partial charge in [-0.15, -0.1) is 0 Å². The van der Waals surface area contributed by atoms with Crippen LogP contribution in [0.5, 0.6) is 0 Å². The molecule has 0 amide bonds. The van der Waals surface area contributed by atoms with Gasteiger partial charge in [0.15, 0.2) is 0 Å². The second-order valence-corrected chi connectivity index (χ2v) is 7.36. The van der Waals surface area contributed by atoms with E-state index in [0.29, 0.717) is 26.1 Å². The van der Waals surface area contributed by atoms with Crippen LogP contribution < -0.4 is 4.72 Å². The Balaban J connectivity index is 2.05. The summed E-state index contributed by atoms with van der Waals surface area (Å²) in [5, 5.41) is 9.51. The van der Waals surface area contributed by atoms with Crippen molar-refractivity contribution in [3.05, 3.63) is 35.4 Å². The molecular weight excluding hydrogens is 316 g/mol. The van der Waals surface area contributed by atoms with Crippen LogP contribution in [0.25, 0.3) is 0 Å². The molecule has 2 rings (SSSR count). The molecule has 124 valence electrons. The highest BCUT2D eigenvalue weighted by Gasteiger charge is 2.33. The molecule has 0 atom stereocenters. The van der Waals surface area contributed by atoms with Crippen LogP contribution in [0.3, 0.4) is 0 Å². The van der Waals surface area contributed by atoms with Crippen LogP contribution >= 0.6 is 0 Å². The fourth-order valence-corrected chi connectivity index (χ4v) is 3.65. The minimum Gasteiger partial charge on any atom is -0.396 e. The fraction of sp³-hybridized carbons (Fsp3) is 0.571. The molecule has 22 heavy (non-hydrogen) atoms. The third kappa shape index (κ3) is 4.22. The zero-order valence-corrected chi connectivity index (χ0v) is 12.8. The normalized spacial score (nSPS) is 18.3. The number of rotatable bonds is 6. The summed E-state index contributed by atoms with van der Waals surface area (Å²) < 4.78 is 58.7. The van der Waals surface area contributed by atoms with E-state index in [9.17, 15) is 22.3 Å². The number of aliphatic hydroxyl groups is 1. The number of benzene rings is 1. The Kier molecular flexibility index (Phi) is 5.49. The summed E-state index contributed by atoms with van der Waals surface area (Å²) in [5.74, 6) is -2.56. The van der Waals surface area contributed by atoms with Gasteiger partial charge in [-0.3, -0.25) is 0 Å². The summed E-state index contributed by atoms with van der Waals surface area (Å²) in [7, 11) is -3.91. The summed E-state index contributed by atoms with van der Waals surface area (Å²) in [6.07, 6.45) is 1.06. The quantitative estimate of drug-likeness (QED) is 0.818. The van der Waals surface area contributed by atoms with E-state index in [1.54, 1.807) is 0 Å². The van der Waals surface area contributed by atoms with Crippen molar-refractivity contribution in [1.82, 2.24) is 4.72 Å². The van der Waals surface area contributed by atoms with Crippen LogP contribution in [-0.2, 0) is 20.5 Å². The Morgan fingerprint density at radius 1 is 1.23 bits per heavy atom. The van der Waals surface area contributed by atoms with E-state index in [0.717, 1.165) is 12.1 Å². The predicted molar refractivity (Wildman–Crippen MR) is 76.6 cm³/mol. The van der Waals surface area contributed by atoms with Crippen molar-refractivity contribution >= 4 is 10.0 Å². The number of nitrogens with one attached hydrogen (secondary N) is 1. The maximum Gasteiger partial charge on any atom is 0.216 e. The standard InChI is InChI=1S/C14H19F2NO4S/c15-12-2-1-3-13(16)11(12)8-22(19,20)17-9-14(10-18)4-6-21-7-5-14/h1-3,17-18H,4-10H2. The highest BCUT2D eigenvalue weighted by molar-refractivity contribution is 7.88. The summed E-state index contributed by atoms with van der Waals surface area (Å²) >= 11 is 0. The molecule has 0 unspecified atom stereocenters. The smallest absolute Gasteiger partial charge is 0.216 e. The fourth-order valence-electron chi connectivity index (χ4n) is 2.37. The van der Waals surface area contributed by atoms with Crippen molar-refractivity contribution in [3.63, 3.8) is 0 Å². The van der Waals surface area contributed by atoms with Crippen molar-refractivity contribution in [2.24, 2.45) is 5.41 Å². The minimum absolute atomic E-state index is 0.0191. The number of hydrogen-bond donors (Lipinski definition) is 2. The van der Waals surface area contributed by atoms with Crippen LogP contribution in [0.4, 0.5) is 8.78 Å². The molecule has 1 fully saturated rings. The van der Waals surface area contributed by atoms with Crippen LogP contribution in [0, 0.1) is 17.0 Å². The van der Waals surface area contributed by atoms with Gasteiger partial charge in [0, 0.05) is 30.7 Å². The molecule has 1 saturated heterocycles. The average Bonchev–Trinajstić information content (AvgIpc) is 2.50. The molecule has 5 nitrogen and oxygen atoms in total. The molecule has 1 aliphatic heterocycles. The lowest BCUT2D eigenvalue weighted by molar-refractivity contribution is -0.0126. The first-order chi connectivity index (χ1) is 10.4. The third-order valence-corrected chi connectivity index (χ3v) is 5.20. The molecular formula is C14H19F2NO4S. The molecule has 0 spiro atoms. The molecule has 8 heteroatoms. The zero-order valence-electron chi connectivity index (χ0n) is 12.0. The lowest BCUT2D eigenvalue weighted by atomic mass is 9.81. The predicted octanol–water partition coefficient (Wildman–Crippen LogP) is 1.17. The molecule has 0 saturated carbocycles. The first-order valence-corrected chi connectivity index (χ1v) is 8.62. The van der Waals surface area contributed by atoms with Gasteiger partial charge in [0.25, 0.3) is 0 Å². The lowest BCUT2D eigenvalue weighted by Gasteiger charge is -2.35. The lowest BCUT2D eigenvalue weighted by Crippen LogP contribution is -2.44. The summed E-state index contributed by atoms with van der Waals surface area (Å²) in [5.41, 5.74) is -1.07. The molecule has 0 aliphatic carbocycles. The first-order valence-electron chi connectivity index (χ1n) is 6.96. The van der Waals surface area contributed by atoms with Crippen LogP contribution in [-0.4, -0.2) is 39.9 Å². The third-order valence-electron chi connectivity index (χ3n) is 3.95. The SMILES string of the molecule is O=S(=O)(Cc1c(F)cccc1F)NCC1(CO)CCOCC1. The van der Waals surface area contributed by atoms with Gasteiger partial charge in [-0.1, -0.05) is 6.07 Å². The largest absolute Gasteiger partial charge is 0.396 e. The molecule has 1 aromatic rings. The van der Waals surface area contributed by atoms with Gasteiger partial charge in [-0.2, -0.15) is 0 Å². The number of halogens is 2. The average molecular weight is 335 g/mol. The van der Waals surface area contributed by atoms with Crippen LogP contribution in [0.2, 0.25) is 0 Å². The van der Waals surface area contributed by atoms with Crippen molar-refractivity contribution < 1.29 is 27.0 Å². The number of ether oxygens (including phenoxy) is 1. The van der Waals surface area contributed by atoms with Crippen LogP contribution in [0.1, 0.15) is 18.4 Å². The number of hydrogen-bond acceptors (Lipinski definition) is 4. The van der Waals surface area contributed by atoms with Crippen LogP contribution in [0.15, 0.2) is 18.2 Å². The molecule has 0 aromatic heterocycles. The topological polar surface area (TPSA) is 75.6 Å². The van der Waals surface area contributed by atoms with Crippen molar-refractivity contribution in [2.75, 3.05) is 26.4 Å². The van der Waals surface area contributed by atoms with Gasteiger partial charge >= 0.3 is 0 Å². The van der Waals surface area contributed by atoms with Gasteiger partial charge in [0.2, 0.25) is 10.0 Å². The van der Waals surface area contributed by atoms with Crippen molar-refractivity contribution in [3.8, 4) is 0 Å². The monoisotopic (exact) mass is 335 g/mol. The molecule has 1 heterocycles. The Morgan fingerprint density at radius 3 is 2.36 bits per heavy atom. The maximum atomic E-state index is 13.5. The van der Waals surface area contributed by atoms with E-state index in [1.807, 2.05) is 0 Å². The molecule has 2 N–H and O–H groups in total. The summed E-state index contributed by atoms with van der Waals surface area (Å²) in [4.78, 5) is 0. The maximum absolute atomic E-state index is 13.5. The van der Waals surface area contributed by atoms with E-state index < -0.39 is 38.4 Å². The van der Waals surface area contributed by atoms with Gasteiger partial charge < -0.3 is 9.84 Å². The summed E-state index contributed by atoms with van der Waals surface area (Å²) in [6, 6.07) is 3.21. The molecule has 0 bridgehead atoms. The Labute approximate surface area is 128 Å². The van der Waals surface area contributed by atoms with Gasteiger partial charge in [-0.25, -0.2) is 21.9 Å². The van der Waals surface area contributed by atoms with E-state index in [1.165, 1.54) is 6.07 Å². The van der Waals surface area contributed by atoms with E-state index in [4.69, 9.17) is 4.74 Å². The van der Waals surface area contributed by atoms with Crippen molar-refractivity contribution in [1.29, 1.82) is 0 Å². The molecule has 1 aromatic carbocycles. The Bertz CT molecular complexity index is 595. The second kappa shape index (κ2) is 6.99. The van der Waals surface area contributed by atoms with Crippen molar-refractivity contribution in [2.45, 2.75) is 18.6 Å². The highest BCUT2D eigenvalue weighted by atomic mass is 32.2. The van der Waals surface area contributed by atoms with Gasteiger partial charge in [0.05, 0.1) is 12.4 Å². The van der Waals surface area contributed by atoms with E-state index in [-0.39, 0.29) is 13.2 Å². The zero-order chi connectivity index (χ0) is 16.2. The first kappa shape index (κ1) is 17.3. The number of aliphatic hydroxyl groups excluding tert-OH is 1. The van der Waals surface area contributed by atoms with E-state index >= 15 is 0 Å². The summed E-state index contributed by atoms with van der Waals surface area (Å²) in [6.45, 7) is 0.743.